The van der Waals surface area contributed by atoms with Crippen molar-refractivity contribution < 1.29 is 19.2 Å². The lowest BCUT2D eigenvalue weighted by Crippen LogP contribution is -2.56. The molecule has 176 valence electrons. The fourth-order valence-electron chi connectivity index (χ4n) is 4.50. The van der Waals surface area contributed by atoms with E-state index in [4.69, 9.17) is 11.5 Å². The third-order valence-corrected chi connectivity index (χ3v) is 6.54. The van der Waals surface area contributed by atoms with E-state index < -0.39 is 35.4 Å². The molecule has 1 unspecified atom stereocenters. The standard InChI is InChI=1S/C20H30BrN7O4/c1-10(2)5-12(26(4)17(30)11(3)22)18(31)27-8-20(7-13(27)16(23)29)9-28-15(24-19(20)32)6-14(21)25-28/h6,10-13H,5,7-9,22H2,1-4H3,(H2,23,29)(H,24,32)/t11-,12-,13-,20?/m0/s1. The number of anilines is 1. The first kappa shape index (κ1) is 24.2. The largest absolute Gasteiger partial charge is 0.368 e. The molecule has 1 aromatic heterocycles. The molecule has 2 aliphatic rings. The predicted molar refractivity (Wildman–Crippen MR) is 120 cm³/mol. The van der Waals surface area contributed by atoms with Gasteiger partial charge in [-0.05, 0) is 41.6 Å². The van der Waals surface area contributed by atoms with Gasteiger partial charge < -0.3 is 26.6 Å². The average Bonchev–Trinajstić information content (AvgIpc) is 3.25. The van der Waals surface area contributed by atoms with Gasteiger partial charge in [0.05, 0.1) is 18.0 Å². The van der Waals surface area contributed by atoms with E-state index in [0.717, 1.165) is 0 Å². The number of hydrogen-bond acceptors (Lipinski definition) is 6. The molecule has 1 saturated heterocycles. The maximum Gasteiger partial charge on any atom is 0.246 e. The van der Waals surface area contributed by atoms with Gasteiger partial charge in [0, 0.05) is 19.7 Å². The Bertz CT molecular complexity index is 946. The van der Waals surface area contributed by atoms with Gasteiger partial charge in [-0.2, -0.15) is 5.10 Å². The quantitative estimate of drug-likeness (QED) is 0.483. The topological polar surface area (TPSA) is 157 Å². The number of carbonyl (C=O) groups excluding carboxylic acids is 4. The summed E-state index contributed by atoms with van der Waals surface area (Å²) >= 11 is 3.29. The number of nitrogens with one attached hydrogen (secondary N) is 1. The van der Waals surface area contributed by atoms with E-state index in [1.54, 1.807) is 17.7 Å². The molecule has 1 fully saturated rings. The Morgan fingerprint density at radius 2 is 2.00 bits per heavy atom. The number of nitrogens with two attached hydrogens (primary N) is 2. The van der Waals surface area contributed by atoms with E-state index in [1.165, 1.54) is 16.8 Å². The van der Waals surface area contributed by atoms with Gasteiger partial charge in [0.2, 0.25) is 23.6 Å². The molecular formula is C20H30BrN7O4. The Labute approximate surface area is 194 Å². The lowest BCUT2D eigenvalue weighted by Gasteiger charge is -2.35. The molecule has 32 heavy (non-hydrogen) atoms. The molecule has 5 N–H and O–H groups in total. The zero-order valence-corrected chi connectivity index (χ0v) is 20.3. The third-order valence-electron chi connectivity index (χ3n) is 6.16. The molecule has 1 aromatic rings. The molecule has 4 atom stereocenters. The fourth-order valence-corrected chi connectivity index (χ4v) is 4.91. The van der Waals surface area contributed by atoms with Crippen molar-refractivity contribution in [2.24, 2.45) is 22.8 Å². The number of nitrogens with zero attached hydrogens (tertiary/aromatic N) is 4. The van der Waals surface area contributed by atoms with Crippen molar-refractivity contribution in [1.29, 1.82) is 0 Å². The Kier molecular flexibility index (Phi) is 6.66. The average molecular weight is 512 g/mol. The van der Waals surface area contributed by atoms with Crippen LogP contribution in [0.25, 0.3) is 0 Å². The first-order valence-electron chi connectivity index (χ1n) is 10.5. The van der Waals surface area contributed by atoms with Crippen molar-refractivity contribution in [2.75, 3.05) is 18.9 Å². The van der Waals surface area contributed by atoms with Gasteiger partial charge in [-0.1, -0.05) is 13.8 Å². The van der Waals surface area contributed by atoms with Gasteiger partial charge in [0.1, 0.15) is 22.5 Å². The second-order valence-corrected chi connectivity index (χ2v) is 10.0. The van der Waals surface area contributed by atoms with Crippen LogP contribution in [0.2, 0.25) is 0 Å². The van der Waals surface area contributed by atoms with Gasteiger partial charge >= 0.3 is 0 Å². The number of primary amides is 1. The van der Waals surface area contributed by atoms with Crippen LogP contribution in [0, 0.1) is 11.3 Å². The van der Waals surface area contributed by atoms with Crippen LogP contribution in [0.15, 0.2) is 10.7 Å². The highest BCUT2D eigenvalue weighted by Crippen LogP contribution is 2.41. The van der Waals surface area contributed by atoms with Gasteiger partial charge in [-0.3, -0.25) is 19.2 Å². The van der Waals surface area contributed by atoms with Crippen LogP contribution in [0.1, 0.15) is 33.6 Å². The predicted octanol–water partition coefficient (Wildman–Crippen LogP) is -0.109. The number of amides is 4. The van der Waals surface area contributed by atoms with E-state index in [9.17, 15) is 19.2 Å². The number of aromatic nitrogens is 2. The molecule has 3 rings (SSSR count). The van der Waals surface area contributed by atoms with Crippen molar-refractivity contribution in [1.82, 2.24) is 19.6 Å². The van der Waals surface area contributed by atoms with Crippen LogP contribution in [0.3, 0.4) is 0 Å². The monoisotopic (exact) mass is 511 g/mol. The van der Waals surface area contributed by atoms with E-state index in [1.807, 2.05) is 13.8 Å². The number of fused-ring (bicyclic) bond motifs is 1. The van der Waals surface area contributed by atoms with E-state index in [-0.39, 0.29) is 37.2 Å². The minimum atomic E-state index is -1.06. The first-order chi connectivity index (χ1) is 14.9. The van der Waals surface area contributed by atoms with Gasteiger partial charge in [0.15, 0.2) is 0 Å². The Morgan fingerprint density at radius 1 is 1.34 bits per heavy atom. The van der Waals surface area contributed by atoms with E-state index in [2.05, 4.69) is 26.3 Å². The molecule has 12 heteroatoms. The van der Waals surface area contributed by atoms with Crippen molar-refractivity contribution in [3.8, 4) is 0 Å². The van der Waals surface area contributed by atoms with E-state index in [0.29, 0.717) is 16.8 Å². The summed E-state index contributed by atoms with van der Waals surface area (Å²) in [5.41, 5.74) is 10.4. The third kappa shape index (κ3) is 4.38. The van der Waals surface area contributed by atoms with Crippen LogP contribution < -0.4 is 16.8 Å². The van der Waals surface area contributed by atoms with Crippen LogP contribution in [0.5, 0.6) is 0 Å². The number of likely N-dealkylation sites (N-methyl/N-ethyl adjacent to an activating group) is 1. The second-order valence-electron chi connectivity index (χ2n) is 9.22. The number of rotatable bonds is 6. The summed E-state index contributed by atoms with van der Waals surface area (Å²) < 4.78 is 2.20. The molecule has 0 bridgehead atoms. The molecule has 0 saturated carbocycles. The molecule has 0 aromatic carbocycles. The highest BCUT2D eigenvalue weighted by atomic mass is 79.9. The van der Waals surface area contributed by atoms with E-state index >= 15 is 0 Å². The highest BCUT2D eigenvalue weighted by Gasteiger charge is 2.55. The van der Waals surface area contributed by atoms with Crippen molar-refractivity contribution in [3.63, 3.8) is 0 Å². The molecule has 11 nitrogen and oxygen atoms in total. The lowest BCUT2D eigenvalue weighted by molar-refractivity contribution is -0.148. The Hall–Kier alpha value is -2.47. The Morgan fingerprint density at radius 3 is 2.56 bits per heavy atom. The fraction of sp³-hybridized carbons (Fsp3) is 0.650. The summed E-state index contributed by atoms with van der Waals surface area (Å²) in [5.74, 6) is -1.16. The summed E-state index contributed by atoms with van der Waals surface area (Å²) in [4.78, 5) is 54.3. The van der Waals surface area contributed by atoms with Gasteiger partial charge in [0.25, 0.3) is 0 Å². The summed E-state index contributed by atoms with van der Waals surface area (Å²) in [6.45, 7) is 5.63. The molecular weight excluding hydrogens is 482 g/mol. The van der Waals surface area contributed by atoms with Gasteiger partial charge in [-0.15, -0.1) is 0 Å². The maximum atomic E-state index is 13.7. The summed E-state index contributed by atoms with van der Waals surface area (Å²) in [7, 11) is 1.53. The number of likely N-dealkylation sites (tertiary alicyclic amines) is 1. The van der Waals surface area contributed by atoms with Gasteiger partial charge in [-0.25, -0.2) is 4.68 Å². The summed E-state index contributed by atoms with van der Waals surface area (Å²) in [5, 5.41) is 7.13. The Balaban J connectivity index is 1.94. The summed E-state index contributed by atoms with van der Waals surface area (Å²) in [6.07, 6.45) is 0.460. The lowest BCUT2D eigenvalue weighted by atomic mass is 9.83. The van der Waals surface area contributed by atoms with Crippen LogP contribution >= 0.6 is 15.9 Å². The molecule has 0 radical (unpaired) electrons. The molecule has 3 heterocycles. The van der Waals surface area contributed by atoms with Crippen molar-refractivity contribution in [2.45, 2.75) is 58.3 Å². The first-order valence-corrected chi connectivity index (χ1v) is 11.3. The minimum Gasteiger partial charge on any atom is -0.368 e. The smallest absolute Gasteiger partial charge is 0.246 e. The van der Waals surface area contributed by atoms with Crippen molar-refractivity contribution >= 4 is 45.4 Å². The second kappa shape index (κ2) is 8.81. The number of carbonyl (C=O) groups is 4. The maximum absolute atomic E-state index is 13.7. The van der Waals surface area contributed by atoms with Crippen LogP contribution in [-0.4, -0.2) is 74.9 Å². The SMILES string of the molecule is CC(C)C[C@@H](C(=O)N1CC2(C[C@H]1C(N)=O)Cn1nc(Br)cc1NC2=O)N(C)C(=O)[C@H](C)N. The zero-order chi connectivity index (χ0) is 24.0. The highest BCUT2D eigenvalue weighted by molar-refractivity contribution is 9.10. The normalized spacial score (nSPS) is 24.3. The summed E-state index contributed by atoms with van der Waals surface area (Å²) in [6, 6.07) is -0.893. The van der Waals surface area contributed by atoms with Crippen molar-refractivity contribution in [3.05, 3.63) is 10.7 Å². The molecule has 2 aliphatic heterocycles. The van der Waals surface area contributed by atoms with Crippen LogP contribution in [-0.2, 0) is 25.7 Å². The number of hydrogen-bond donors (Lipinski definition) is 3. The molecule has 1 spiro atoms. The zero-order valence-electron chi connectivity index (χ0n) is 18.7. The molecule has 4 amide bonds. The minimum absolute atomic E-state index is 0.00298. The van der Waals surface area contributed by atoms with Crippen LogP contribution in [0.4, 0.5) is 5.82 Å². The number of halogens is 1. The molecule has 0 aliphatic carbocycles.